The number of anilines is 1. The van der Waals surface area contributed by atoms with Crippen LogP contribution in [-0.4, -0.2) is 32.6 Å². The highest BCUT2D eigenvalue weighted by Crippen LogP contribution is 2.20. The first-order valence-corrected chi connectivity index (χ1v) is 6.11. The van der Waals surface area contributed by atoms with Crippen molar-refractivity contribution < 1.29 is 9.53 Å². The van der Waals surface area contributed by atoms with E-state index in [0.29, 0.717) is 0 Å². The zero-order chi connectivity index (χ0) is 12.7. The minimum atomic E-state index is 0.729. The van der Waals surface area contributed by atoms with Gasteiger partial charge in [-0.2, -0.15) is 0 Å². The molecular formula is C14H21NO2. The number of hydrogen-bond donors (Lipinski definition) is 0. The summed E-state index contributed by atoms with van der Waals surface area (Å²) in [7, 11) is 0. The van der Waals surface area contributed by atoms with Gasteiger partial charge in [0.2, 0.25) is 0 Å². The lowest BCUT2D eigenvalue weighted by atomic mass is 10.1. The minimum Gasteiger partial charge on any atom is -0.380 e. The Balaban J connectivity index is 2.77. The Hall–Kier alpha value is -1.35. The normalized spacial score (nSPS) is 10.3. The van der Waals surface area contributed by atoms with Crippen molar-refractivity contribution in [3.8, 4) is 0 Å². The molecule has 1 aromatic carbocycles. The monoisotopic (exact) mass is 235 g/mol. The smallest absolute Gasteiger partial charge is 0.150 e. The number of hydrogen-bond acceptors (Lipinski definition) is 3. The molecule has 0 fully saturated rings. The summed E-state index contributed by atoms with van der Waals surface area (Å²) in [5.74, 6) is 0. The summed E-state index contributed by atoms with van der Waals surface area (Å²) in [4.78, 5) is 13.0. The summed E-state index contributed by atoms with van der Waals surface area (Å²) in [5, 5.41) is 0. The van der Waals surface area contributed by atoms with Crippen molar-refractivity contribution in [2.45, 2.75) is 20.8 Å². The zero-order valence-corrected chi connectivity index (χ0v) is 10.9. The van der Waals surface area contributed by atoms with E-state index in [2.05, 4.69) is 11.8 Å². The molecule has 0 aliphatic carbocycles. The van der Waals surface area contributed by atoms with Gasteiger partial charge < -0.3 is 9.64 Å². The average Bonchev–Trinajstić information content (AvgIpc) is 2.35. The fraction of sp³-hybridized carbons (Fsp3) is 0.500. The molecule has 0 unspecified atom stereocenters. The lowest BCUT2D eigenvalue weighted by molar-refractivity contribution is 0.112. The molecule has 0 amide bonds. The van der Waals surface area contributed by atoms with Gasteiger partial charge in [0.15, 0.2) is 0 Å². The first-order valence-electron chi connectivity index (χ1n) is 6.11. The lowest BCUT2D eigenvalue weighted by Gasteiger charge is -2.25. The third-order valence-electron chi connectivity index (χ3n) is 2.79. The van der Waals surface area contributed by atoms with E-state index in [1.54, 1.807) is 0 Å². The van der Waals surface area contributed by atoms with Gasteiger partial charge in [0.25, 0.3) is 0 Å². The van der Waals surface area contributed by atoms with Crippen LogP contribution in [0.1, 0.15) is 29.8 Å². The van der Waals surface area contributed by atoms with Crippen LogP contribution < -0.4 is 4.90 Å². The van der Waals surface area contributed by atoms with Crippen molar-refractivity contribution >= 4 is 12.0 Å². The summed E-state index contributed by atoms with van der Waals surface area (Å²) in [5.41, 5.74) is 3.04. The Kier molecular flexibility index (Phi) is 5.70. The molecule has 0 saturated carbocycles. The number of carbonyl (C=O) groups excluding carboxylic acids is 1. The summed E-state index contributed by atoms with van der Waals surface area (Å²) in [6.07, 6.45) is 0.882. The Labute approximate surface area is 103 Å². The molecule has 0 spiro atoms. The highest BCUT2D eigenvalue weighted by Gasteiger charge is 2.07. The highest BCUT2D eigenvalue weighted by atomic mass is 16.5. The molecule has 17 heavy (non-hydrogen) atoms. The van der Waals surface area contributed by atoms with E-state index in [1.807, 2.05) is 32.0 Å². The number of carbonyl (C=O) groups is 1. The maximum atomic E-state index is 10.7. The maximum absolute atomic E-state index is 10.7. The lowest BCUT2D eigenvalue weighted by Crippen LogP contribution is -2.27. The molecule has 0 aliphatic rings. The second kappa shape index (κ2) is 7.07. The number of ether oxygens (including phenoxy) is 1. The predicted molar refractivity (Wildman–Crippen MR) is 70.9 cm³/mol. The largest absolute Gasteiger partial charge is 0.380 e. The van der Waals surface area contributed by atoms with Crippen LogP contribution >= 0.6 is 0 Å². The molecule has 0 radical (unpaired) electrons. The van der Waals surface area contributed by atoms with Gasteiger partial charge in [-0.3, -0.25) is 4.79 Å². The Morgan fingerprint density at radius 1 is 1.35 bits per heavy atom. The van der Waals surface area contributed by atoms with Crippen molar-refractivity contribution in [1.29, 1.82) is 0 Å². The average molecular weight is 235 g/mol. The Bertz CT molecular complexity index is 363. The third kappa shape index (κ3) is 3.86. The van der Waals surface area contributed by atoms with Crippen molar-refractivity contribution in [1.82, 2.24) is 0 Å². The second-order valence-electron chi connectivity index (χ2n) is 3.94. The number of aryl methyl sites for hydroxylation is 1. The first kappa shape index (κ1) is 13.7. The van der Waals surface area contributed by atoms with E-state index in [4.69, 9.17) is 4.74 Å². The molecule has 0 atom stereocenters. The number of rotatable bonds is 7. The molecule has 0 heterocycles. The fourth-order valence-electron chi connectivity index (χ4n) is 1.87. The number of nitrogens with zero attached hydrogens (tertiary/aromatic N) is 1. The van der Waals surface area contributed by atoms with Gasteiger partial charge in [-0.1, -0.05) is 0 Å². The summed E-state index contributed by atoms with van der Waals surface area (Å²) in [6.45, 7) is 9.46. The van der Waals surface area contributed by atoms with Gasteiger partial charge in [-0.05, 0) is 44.5 Å². The van der Waals surface area contributed by atoms with Crippen LogP contribution in [0.25, 0.3) is 0 Å². The molecule has 94 valence electrons. The van der Waals surface area contributed by atoms with Crippen LogP contribution in [0.5, 0.6) is 0 Å². The van der Waals surface area contributed by atoms with Crippen molar-refractivity contribution in [3.05, 3.63) is 29.3 Å². The standard InChI is InChI=1S/C14H21NO2/c1-4-15(8-9-17-5-2)14-7-6-13(11-16)10-12(14)3/h6-7,10-11H,4-5,8-9H2,1-3H3. The number of benzene rings is 1. The molecule has 3 nitrogen and oxygen atoms in total. The van der Waals surface area contributed by atoms with Gasteiger partial charge in [-0.15, -0.1) is 0 Å². The van der Waals surface area contributed by atoms with Gasteiger partial charge in [0.1, 0.15) is 6.29 Å². The maximum Gasteiger partial charge on any atom is 0.150 e. The molecule has 0 aliphatic heterocycles. The molecule has 1 rings (SSSR count). The molecule has 0 bridgehead atoms. The molecule has 1 aromatic rings. The van der Waals surface area contributed by atoms with E-state index in [0.717, 1.165) is 43.7 Å². The van der Waals surface area contributed by atoms with Gasteiger partial charge in [0.05, 0.1) is 6.61 Å². The van der Waals surface area contributed by atoms with E-state index >= 15 is 0 Å². The van der Waals surface area contributed by atoms with Crippen molar-refractivity contribution in [2.75, 3.05) is 31.2 Å². The Morgan fingerprint density at radius 3 is 2.65 bits per heavy atom. The van der Waals surface area contributed by atoms with Crippen LogP contribution in [0.4, 0.5) is 5.69 Å². The zero-order valence-electron chi connectivity index (χ0n) is 10.9. The fourth-order valence-corrected chi connectivity index (χ4v) is 1.87. The molecule has 0 aromatic heterocycles. The van der Waals surface area contributed by atoms with E-state index in [1.165, 1.54) is 5.69 Å². The summed E-state index contributed by atoms with van der Waals surface area (Å²) >= 11 is 0. The first-order chi connectivity index (χ1) is 8.22. The summed E-state index contributed by atoms with van der Waals surface area (Å²) in [6, 6.07) is 5.79. The molecule has 0 saturated heterocycles. The Morgan fingerprint density at radius 2 is 2.12 bits per heavy atom. The van der Waals surface area contributed by atoms with Crippen LogP contribution in [0.15, 0.2) is 18.2 Å². The minimum absolute atomic E-state index is 0.729. The predicted octanol–water partition coefficient (Wildman–Crippen LogP) is 2.67. The van der Waals surface area contributed by atoms with Crippen LogP contribution in [0.3, 0.4) is 0 Å². The van der Waals surface area contributed by atoms with Crippen LogP contribution in [0.2, 0.25) is 0 Å². The number of likely N-dealkylation sites (N-methyl/N-ethyl adjacent to an activating group) is 1. The third-order valence-corrected chi connectivity index (χ3v) is 2.79. The second-order valence-corrected chi connectivity index (χ2v) is 3.94. The van der Waals surface area contributed by atoms with Gasteiger partial charge in [-0.25, -0.2) is 0 Å². The topological polar surface area (TPSA) is 29.5 Å². The van der Waals surface area contributed by atoms with E-state index < -0.39 is 0 Å². The summed E-state index contributed by atoms with van der Waals surface area (Å²) < 4.78 is 5.37. The molecular weight excluding hydrogens is 214 g/mol. The quantitative estimate of drug-likeness (QED) is 0.537. The van der Waals surface area contributed by atoms with Crippen LogP contribution in [-0.2, 0) is 4.74 Å². The molecule has 3 heteroatoms. The van der Waals surface area contributed by atoms with Gasteiger partial charge >= 0.3 is 0 Å². The van der Waals surface area contributed by atoms with Gasteiger partial charge in [0, 0.05) is 30.9 Å². The van der Waals surface area contributed by atoms with E-state index in [9.17, 15) is 4.79 Å². The van der Waals surface area contributed by atoms with E-state index in [-0.39, 0.29) is 0 Å². The van der Waals surface area contributed by atoms with Crippen LogP contribution in [0, 0.1) is 6.92 Å². The highest BCUT2D eigenvalue weighted by molar-refractivity contribution is 5.76. The molecule has 0 N–H and O–H groups in total. The van der Waals surface area contributed by atoms with Crippen molar-refractivity contribution in [2.24, 2.45) is 0 Å². The number of aldehydes is 1. The van der Waals surface area contributed by atoms with Crippen molar-refractivity contribution in [3.63, 3.8) is 0 Å². The SMILES string of the molecule is CCOCCN(CC)c1ccc(C=O)cc1C.